The van der Waals surface area contributed by atoms with Crippen molar-refractivity contribution in [1.82, 2.24) is 10.3 Å². The first-order chi connectivity index (χ1) is 8.44. The summed E-state index contributed by atoms with van der Waals surface area (Å²) in [5.74, 6) is 1.46. The predicted octanol–water partition coefficient (Wildman–Crippen LogP) is 3.15. The van der Waals surface area contributed by atoms with E-state index in [-0.39, 0.29) is 5.54 Å². The van der Waals surface area contributed by atoms with Crippen LogP contribution in [0.25, 0.3) is 0 Å². The van der Waals surface area contributed by atoms with Gasteiger partial charge in [0.15, 0.2) is 0 Å². The summed E-state index contributed by atoms with van der Waals surface area (Å²) in [6.45, 7) is 9.76. The van der Waals surface area contributed by atoms with Crippen LogP contribution >= 0.6 is 0 Å². The van der Waals surface area contributed by atoms with Crippen LogP contribution in [0.15, 0.2) is 18.2 Å². The fraction of sp³-hybridized carbons (Fsp3) is 0.667. The molecule has 1 aliphatic rings. The van der Waals surface area contributed by atoms with Gasteiger partial charge in [-0.05, 0) is 45.7 Å². The number of hydrogen-bond donors (Lipinski definition) is 2. The Morgan fingerprint density at radius 2 is 2.06 bits per heavy atom. The predicted molar refractivity (Wildman–Crippen MR) is 77.1 cm³/mol. The van der Waals surface area contributed by atoms with Crippen LogP contribution in [-0.2, 0) is 0 Å². The van der Waals surface area contributed by atoms with E-state index in [9.17, 15) is 0 Å². The molecule has 1 saturated carbocycles. The molecule has 1 aromatic heterocycles. The molecule has 3 nitrogen and oxygen atoms in total. The van der Waals surface area contributed by atoms with Crippen LogP contribution in [0.3, 0.4) is 0 Å². The molecule has 2 N–H and O–H groups in total. The van der Waals surface area contributed by atoms with E-state index in [0.717, 1.165) is 18.1 Å². The highest BCUT2D eigenvalue weighted by Gasteiger charge is 2.21. The first-order valence-electron chi connectivity index (χ1n) is 6.92. The maximum atomic E-state index is 4.70. The monoisotopic (exact) mass is 247 g/mol. The molecule has 0 unspecified atom stereocenters. The fourth-order valence-corrected chi connectivity index (χ4v) is 1.81. The molecule has 0 saturated heterocycles. The van der Waals surface area contributed by atoms with Gasteiger partial charge in [-0.15, -0.1) is 0 Å². The van der Waals surface area contributed by atoms with Gasteiger partial charge < -0.3 is 10.6 Å². The highest BCUT2D eigenvalue weighted by Crippen LogP contribution is 2.24. The first kappa shape index (κ1) is 13.3. The number of rotatable bonds is 5. The van der Waals surface area contributed by atoms with E-state index in [1.165, 1.54) is 12.8 Å². The van der Waals surface area contributed by atoms with E-state index in [4.69, 9.17) is 4.98 Å². The van der Waals surface area contributed by atoms with Crippen molar-refractivity contribution in [2.75, 3.05) is 11.9 Å². The lowest BCUT2D eigenvalue weighted by Gasteiger charge is -2.23. The second-order valence-corrected chi connectivity index (χ2v) is 6.40. The maximum Gasteiger partial charge on any atom is 0.126 e. The van der Waals surface area contributed by atoms with Crippen molar-refractivity contribution in [2.24, 2.45) is 0 Å². The van der Waals surface area contributed by atoms with Gasteiger partial charge in [0, 0.05) is 29.7 Å². The summed E-state index contributed by atoms with van der Waals surface area (Å²) in [6.07, 6.45) is 2.57. The Labute approximate surface area is 110 Å². The van der Waals surface area contributed by atoms with Crippen LogP contribution in [0, 0.1) is 0 Å². The lowest BCUT2D eigenvalue weighted by Crippen LogP contribution is -2.38. The van der Waals surface area contributed by atoms with Gasteiger partial charge in [0.1, 0.15) is 5.82 Å². The lowest BCUT2D eigenvalue weighted by molar-refractivity contribution is 0.410. The van der Waals surface area contributed by atoms with E-state index in [0.29, 0.717) is 12.0 Å². The maximum absolute atomic E-state index is 4.70. The molecule has 1 heterocycles. The Bertz CT molecular complexity index is 391. The quantitative estimate of drug-likeness (QED) is 0.839. The minimum atomic E-state index is 0.165. The molecule has 0 amide bonds. The molecule has 0 bridgehead atoms. The zero-order valence-corrected chi connectivity index (χ0v) is 12.0. The van der Waals surface area contributed by atoms with Crippen molar-refractivity contribution in [2.45, 2.75) is 58.0 Å². The van der Waals surface area contributed by atoms with Crippen LogP contribution in [0.4, 0.5) is 5.82 Å². The van der Waals surface area contributed by atoms with Crippen LogP contribution in [0.2, 0.25) is 0 Å². The summed E-state index contributed by atoms with van der Waals surface area (Å²) in [5.41, 5.74) is 1.33. The van der Waals surface area contributed by atoms with Crippen molar-refractivity contribution in [3.8, 4) is 0 Å². The van der Waals surface area contributed by atoms with Crippen molar-refractivity contribution in [3.63, 3.8) is 0 Å². The molecule has 1 fully saturated rings. The van der Waals surface area contributed by atoms with Gasteiger partial charge in [-0.2, -0.15) is 0 Å². The standard InChI is InChI=1S/C15H25N3/c1-11(10-16-15(2,3)4)13-6-5-7-14(18-13)17-12-8-9-12/h5-7,11-12,16H,8-10H2,1-4H3,(H,17,18)/t11-/m1/s1. The van der Waals surface area contributed by atoms with Crippen molar-refractivity contribution < 1.29 is 0 Å². The minimum absolute atomic E-state index is 0.165. The van der Waals surface area contributed by atoms with E-state index in [1.54, 1.807) is 0 Å². The smallest absolute Gasteiger partial charge is 0.126 e. The van der Waals surface area contributed by atoms with Gasteiger partial charge in [-0.1, -0.05) is 13.0 Å². The molecule has 100 valence electrons. The molecule has 0 spiro atoms. The number of hydrogen-bond acceptors (Lipinski definition) is 3. The van der Waals surface area contributed by atoms with Crippen LogP contribution < -0.4 is 10.6 Å². The Balaban J connectivity index is 1.93. The molecule has 2 rings (SSSR count). The number of nitrogens with zero attached hydrogens (tertiary/aromatic N) is 1. The zero-order chi connectivity index (χ0) is 13.2. The minimum Gasteiger partial charge on any atom is -0.367 e. The fourth-order valence-electron chi connectivity index (χ4n) is 1.81. The average molecular weight is 247 g/mol. The third-order valence-corrected chi connectivity index (χ3v) is 3.14. The van der Waals surface area contributed by atoms with Gasteiger partial charge >= 0.3 is 0 Å². The third-order valence-electron chi connectivity index (χ3n) is 3.14. The molecule has 1 aliphatic carbocycles. The highest BCUT2D eigenvalue weighted by molar-refractivity contribution is 5.38. The molecule has 1 aromatic rings. The van der Waals surface area contributed by atoms with Crippen molar-refractivity contribution in [1.29, 1.82) is 0 Å². The van der Waals surface area contributed by atoms with E-state index in [1.807, 2.05) is 0 Å². The van der Waals surface area contributed by atoms with E-state index < -0.39 is 0 Å². The van der Waals surface area contributed by atoms with Gasteiger partial charge in [-0.3, -0.25) is 0 Å². The molecule has 0 aromatic carbocycles. The van der Waals surface area contributed by atoms with E-state index in [2.05, 4.69) is 56.5 Å². The van der Waals surface area contributed by atoms with Gasteiger partial charge in [0.05, 0.1) is 0 Å². The summed E-state index contributed by atoms with van der Waals surface area (Å²) in [4.78, 5) is 4.70. The molecule has 18 heavy (non-hydrogen) atoms. The SMILES string of the molecule is C[C@H](CNC(C)(C)C)c1cccc(NC2CC2)n1. The summed E-state index contributed by atoms with van der Waals surface area (Å²) in [6, 6.07) is 6.94. The van der Waals surface area contributed by atoms with Crippen LogP contribution in [0.1, 0.15) is 52.1 Å². The molecule has 1 atom stereocenters. The van der Waals surface area contributed by atoms with Gasteiger partial charge in [0.2, 0.25) is 0 Å². The number of pyridine rings is 1. The number of aromatic nitrogens is 1. The largest absolute Gasteiger partial charge is 0.367 e. The Morgan fingerprint density at radius 3 is 2.67 bits per heavy atom. The summed E-state index contributed by atoms with van der Waals surface area (Å²) in [7, 11) is 0. The third kappa shape index (κ3) is 4.30. The average Bonchev–Trinajstić information content (AvgIpc) is 3.09. The molecule has 3 heteroatoms. The normalized spacial score (nSPS) is 17.6. The zero-order valence-electron chi connectivity index (χ0n) is 12.0. The van der Waals surface area contributed by atoms with Gasteiger partial charge in [-0.25, -0.2) is 4.98 Å². The Kier molecular flexibility index (Phi) is 3.91. The summed E-state index contributed by atoms with van der Waals surface area (Å²) >= 11 is 0. The lowest BCUT2D eigenvalue weighted by atomic mass is 10.0. The van der Waals surface area contributed by atoms with Crippen molar-refractivity contribution in [3.05, 3.63) is 23.9 Å². The number of nitrogens with one attached hydrogen (secondary N) is 2. The van der Waals surface area contributed by atoms with Crippen LogP contribution in [0.5, 0.6) is 0 Å². The number of anilines is 1. The second-order valence-electron chi connectivity index (χ2n) is 6.40. The van der Waals surface area contributed by atoms with Crippen molar-refractivity contribution >= 4 is 5.82 Å². The molecular formula is C15H25N3. The molecule has 0 aliphatic heterocycles. The van der Waals surface area contributed by atoms with Crippen LogP contribution in [-0.4, -0.2) is 23.1 Å². The van der Waals surface area contributed by atoms with E-state index >= 15 is 0 Å². The first-order valence-corrected chi connectivity index (χ1v) is 6.92. The Morgan fingerprint density at radius 1 is 1.33 bits per heavy atom. The summed E-state index contributed by atoms with van der Waals surface area (Å²) in [5, 5.41) is 6.98. The molecule has 0 radical (unpaired) electrons. The second kappa shape index (κ2) is 5.27. The van der Waals surface area contributed by atoms with Gasteiger partial charge in [0.25, 0.3) is 0 Å². The molecular weight excluding hydrogens is 222 g/mol. The highest BCUT2D eigenvalue weighted by atomic mass is 15.0. The Hall–Kier alpha value is -1.09. The summed E-state index contributed by atoms with van der Waals surface area (Å²) < 4.78 is 0. The topological polar surface area (TPSA) is 37.0 Å².